The summed E-state index contributed by atoms with van der Waals surface area (Å²) in [5.41, 5.74) is 13.3. The van der Waals surface area contributed by atoms with E-state index in [1.165, 1.54) is 38.2 Å². The second kappa shape index (κ2) is 9.85. The molecule has 12 heteroatoms. The van der Waals surface area contributed by atoms with Gasteiger partial charge in [-0.15, -0.1) is 0 Å². The zero-order valence-corrected chi connectivity index (χ0v) is 23.6. The Hall–Kier alpha value is -4.88. The van der Waals surface area contributed by atoms with Crippen LogP contribution in [-0.4, -0.2) is 77.4 Å². The molecule has 2 saturated carbocycles. The third kappa shape index (κ3) is 3.92. The van der Waals surface area contributed by atoms with E-state index in [1.807, 2.05) is 0 Å². The van der Waals surface area contributed by atoms with Crippen LogP contribution in [0.25, 0.3) is 0 Å². The maximum Gasteiger partial charge on any atom is 0.235 e. The number of hydrogen-bond acceptors (Lipinski definition) is 11. The fourth-order valence-corrected chi connectivity index (χ4v) is 7.16. The van der Waals surface area contributed by atoms with Crippen molar-refractivity contribution < 1.29 is 33.8 Å². The predicted octanol–water partition coefficient (Wildman–Crippen LogP) is -0.783. The summed E-state index contributed by atoms with van der Waals surface area (Å²) < 4.78 is 5.23. The maximum absolute atomic E-state index is 14.4. The van der Waals surface area contributed by atoms with Crippen LogP contribution in [0.3, 0.4) is 0 Å². The minimum Gasteiger partial charge on any atom is -0.507 e. The Labute approximate surface area is 246 Å². The van der Waals surface area contributed by atoms with Crippen molar-refractivity contribution in [2.75, 3.05) is 21.2 Å². The Morgan fingerprint density at radius 2 is 1.79 bits per heavy atom. The lowest BCUT2D eigenvalue weighted by Gasteiger charge is -2.60. The molecular weight excluding hydrogens is 554 g/mol. The molecule has 0 bridgehead atoms. The SMILES string of the molecule is COc1cccc(C#Cc2ccc(O)c3c2C[C@@]2(N)C[C@@]4(N)[C@H](N(C)C)C(=O)C(C(N)=O)C(=O)[C@@]4(C#N)C(=O)C2C3=O)c1. The number of primary amides is 1. The van der Waals surface area contributed by atoms with Gasteiger partial charge in [0, 0.05) is 16.7 Å². The van der Waals surface area contributed by atoms with Gasteiger partial charge in [-0.1, -0.05) is 17.9 Å². The first kappa shape index (κ1) is 29.6. The number of methoxy groups -OCH3 is 1. The summed E-state index contributed by atoms with van der Waals surface area (Å²) in [6.07, 6.45) is -0.706. The van der Waals surface area contributed by atoms with Crippen LogP contribution >= 0.6 is 0 Å². The zero-order chi connectivity index (χ0) is 31.6. The minimum atomic E-state index is -2.80. The van der Waals surface area contributed by atoms with Crippen LogP contribution in [0.1, 0.15) is 33.5 Å². The molecule has 2 aromatic rings. The van der Waals surface area contributed by atoms with E-state index in [4.69, 9.17) is 21.9 Å². The number of ketones is 4. The van der Waals surface area contributed by atoms with E-state index in [1.54, 1.807) is 30.3 Å². The average Bonchev–Trinajstić information content (AvgIpc) is 2.91. The van der Waals surface area contributed by atoms with E-state index in [0.717, 1.165) is 0 Å². The van der Waals surface area contributed by atoms with Crippen molar-refractivity contribution in [2.45, 2.75) is 30.0 Å². The number of rotatable bonds is 3. The van der Waals surface area contributed by atoms with Crippen molar-refractivity contribution in [1.82, 2.24) is 4.90 Å². The van der Waals surface area contributed by atoms with Crippen LogP contribution in [-0.2, 0) is 25.6 Å². The molecule has 3 aliphatic rings. The van der Waals surface area contributed by atoms with Crippen LogP contribution in [0.15, 0.2) is 36.4 Å². The number of phenolic OH excluding ortho intramolecular Hbond substituents is 1. The Kier molecular flexibility index (Phi) is 6.78. The van der Waals surface area contributed by atoms with E-state index >= 15 is 0 Å². The highest BCUT2D eigenvalue weighted by molar-refractivity contribution is 6.33. The first-order chi connectivity index (χ1) is 20.2. The van der Waals surface area contributed by atoms with E-state index in [9.17, 15) is 34.3 Å². The monoisotopic (exact) mass is 583 g/mol. The number of nitriles is 1. The molecule has 12 nitrogen and oxygen atoms in total. The van der Waals surface area contributed by atoms with Crippen molar-refractivity contribution in [3.63, 3.8) is 0 Å². The number of aromatic hydroxyl groups is 1. The summed E-state index contributed by atoms with van der Waals surface area (Å²) in [6.45, 7) is 0. The van der Waals surface area contributed by atoms with Crippen LogP contribution in [0.2, 0.25) is 0 Å². The fraction of sp³-hybridized carbons (Fsp3) is 0.355. The summed E-state index contributed by atoms with van der Waals surface area (Å²) in [5.74, 6) is -3.62. The normalized spacial score (nSPS) is 31.2. The van der Waals surface area contributed by atoms with E-state index in [-0.39, 0.29) is 17.5 Å². The molecule has 0 saturated heterocycles. The van der Waals surface area contributed by atoms with E-state index in [2.05, 4.69) is 11.8 Å². The first-order valence-corrected chi connectivity index (χ1v) is 13.3. The highest BCUT2D eigenvalue weighted by atomic mass is 16.5. The van der Waals surface area contributed by atoms with Gasteiger partial charge in [0.1, 0.15) is 17.4 Å². The molecular formula is C31H29N5O7. The molecule has 1 amide bonds. The molecule has 7 N–H and O–H groups in total. The lowest BCUT2D eigenvalue weighted by Crippen LogP contribution is -2.85. The highest BCUT2D eigenvalue weighted by Gasteiger charge is 2.78. The fourth-order valence-electron chi connectivity index (χ4n) is 7.16. The number of likely N-dealkylation sites (N-methyl/N-ethyl adjacent to an activating group) is 1. The molecule has 43 heavy (non-hydrogen) atoms. The minimum absolute atomic E-state index is 0.205. The maximum atomic E-state index is 14.4. The van der Waals surface area contributed by atoms with Gasteiger partial charge in [0.05, 0.1) is 30.3 Å². The summed E-state index contributed by atoms with van der Waals surface area (Å²) in [6, 6.07) is 9.94. The predicted molar refractivity (Wildman–Crippen MR) is 150 cm³/mol. The number of phenols is 1. The number of ether oxygens (including phenoxy) is 1. The smallest absolute Gasteiger partial charge is 0.235 e. The number of hydrogen-bond donors (Lipinski definition) is 4. The molecule has 2 fully saturated rings. The Bertz CT molecular complexity index is 1750. The van der Waals surface area contributed by atoms with Crippen LogP contribution < -0.4 is 21.9 Å². The quantitative estimate of drug-likeness (QED) is 0.259. The Balaban J connectivity index is 1.71. The topological polar surface area (TPSA) is 220 Å². The van der Waals surface area contributed by atoms with Crippen LogP contribution in [0.4, 0.5) is 0 Å². The molecule has 0 aliphatic heterocycles. The molecule has 0 spiro atoms. The number of fused-ring (bicyclic) bond motifs is 3. The first-order valence-electron chi connectivity index (χ1n) is 13.3. The Morgan fingerprint density at radius 1 is 1.09 bits per heavy atom. The number of amides is 1. The van der Waals surface area contributed by atoms with Crippen molar-refractivity contribution >= 4 is 29.0 Å². The van der Waals surface area contributed by atoms with Gasteiger partial charge >= 0.3 is 0 Å². The van der Waals surface area contributed by atoms with E-state index in [0.29, 0.717) is 16.9 Å². The third-order valence-electron chi connectivity index (χ3n) is 8.89. The molecule has 2 unspecified atom stereocenters. The molecule has 0 aromatic heterocycles. The summed E-state index contributed by atoms with van der Waals surface area (Å²) in [7, 11) is 4.40. The van der Waals surface area contributed by atoms with Crippen LogP contribution in [0.5, 0.6) is 11.5 Å². The standard InChI is InChI=1S/C31H29N5O7/c1-36(2)25-24(39)21(28(33)42)26(40)30(14-32)27(41)22-23(38)20-18(12-29(22,34)13-31(25,30)35)16(9-10-19(20)37)8-7-15-5-4-6-17(11-15)43-3/h4-6,9-11,21-22,25,37H,12-13,34-35H2,1-3H3,(H2,33,42)/t21?,22?,25-,29-,30+,31-/m1/s1. The second-order valence-electron chi connectivity index (χ2n) is 11.6. The number of Topliss-reactive ketones (excluding diaryl/α,β-unsaturated/α-hetero) is 4. The number of carbonyl (C=O) groups is 5. The Morgan fingerprint density at radius 3 is 2.40 bits per heavy atom. The van der Waals surface area contributed by atoms with Crippen molar-refractivity contribution in [3.8, 4) is 29.4 Å². The number of benzene rings is 2. The van der Waals surface area contributed by atoms with Gasteiger partial charge in [0.15, 0.2) is 34.5 Å². The van der Waals surface area contributed by atoms with Crippen molar-refractivity contribution in [3.05, 3.63) is 58.7 Å². The van der Waals surface area contributed by atoms with Crippen LogP contribution in [0, 0.1) is 40.4 Å². The van der Waals surface area contributed by atoms with Gasteiger partial charge in [0.25, 0.3) is 0 Å². The molecule has 220 valence electrons. The molecule has 2 aromatic carbocycles. The summed E-state index contributed by atoms with van der Waals surface area (Å²) in [5, 5.41) is 21.2. The average molecular weight is 584 g/mol. The van der Waals surface area contributed by atoms with Gasteiger partial charge in [-0.2, -0.15) is 5.26 Å². The summed E-state index contributed by atoms with van der Waals surface area (Å²) >= 11 is 0. The lowest BCUT2D eigenvalue weighted by atomic mass is 9.42. The van der Waals surface area contributed by atoms with Gasteiger partial charge < -0.3 is 27.0 Å². The zero-order valence-electron chi connectivity index (χ0n) is 23.6. The molecule has 5 rings (SSSR count). The molecule has 6 atom stereocenters. The van der Waals surface area contributed by atoms with Crippen molar-refractivity contribution in [1.29, 1.82) is 5.26 Å². The third-order valence-corrected chi connectivity index (χ3v) is 8.89. The highest BCUT2D eigenvalue weighted by Crippen LogP contribution is 2.56. The largest absolute Gasteiger partial charge is 0.507 e. The second-order valence-corrected chi connectivity index (χ2v) is 11.6. The molecule has 3 aliphatic carbocycles. The number of nitrogens with two attached hydrogens (primary N) is 3. The van der Waals surface area contributed by atoms with Gasteiger partial charge in [-0.3, -0.25) is 28.9 Å². The van der Waals surface area contributed by atoms with Gasteiger partial charge in [0.2, 0.25) is 5.91 Å². The van der Waals surface area contributed by atoms with E-state index < -0.39 is 75.6 Å². The molecule has 0 heterocycles. The van der Waals surface area contributed by atoms with Crippen molar-refractivity contribution in [2.24, 2.45) is 34.5 Å². The number of nitrogens with zero attached hydrogens (tertiary/aromatic N) is 2. The lowest BCUT2D eigenvalue weighted by molar-refractivity contribution is -0.166. The van der Waals surface area contributed by atoms with Gasteiger partial charge in [-0.25, -0.2) is 0 Å². The summed E-state index contributed by atoms with van der Waals surface area (Å²) in [4.78, 5) is 69.3. The molecule has 0 radical (unpaired) electrons. The number of carbonyl (C=O) groups excluding carboxylic acids is 5. The van der Waals surface area contributed by atoms with Gasteiger partial charge in [-0.05, 0) is 62.8 Å².